The van der Waals surface area contributed by atoms with Gasteiger partial charge in [-0.2, -0.15) is 0 Å². The number of quaternary nitrogens is 1. The summed E-state index contributed by atoms with van der Waals surface area (Å²) < 4.78 is 0.991. The van der Waals surface area contributed by atoms with Crippen molar-refractivity contribution in [2.75, 3.05) is 25.0 Å². The van der Waals surface area contributed by atoms with Gasteiger partial charge in [-0.15, -0.1) is 0 Å². The molecular formula is C20H30ClN2OY+. The first-order chi connectivity index (χ1) is 11.4. The van der Waals surface area contributed by atoms with Crippen molar-refractivity contribution in [3.63, 3.8) is 0 Å². The van der Waals surface area contributed by atoms with Gasteiger partial charge in [0.25, 0.3) is 5.91 Å². The van der Waals surface area contributed by atoms with E-state index in [9.17, 15) is 4.79 Å². The predicted octanol–water partition coefficient (Wildman–Crippen LogP) is 4.84. The summed E-state index contributed by atoms with van der Waals surface area (Å²) in [5.41, 5.74) is 2.82. The second-order valence-electron chi connectivity index (χ2n) is 7.72. The topological polar surface area (TPSA) is 29.1 Å². The van der Waals surface area contributed by atoms with Crippen LogP contribution in [0.4, 0.5) is 5.69 Å². The van der Waals surface area contributed by atoms with Gasteiger partial charge in [0.05, 0.1) is 19.6 Å². The van der Waals surface area contributed by atoms with E-state index >= 15 is 0 Å². The van der Waals surface area contributed by atoms with Crippen LogP contribution in [-0.2, 0) is 37.5 Å². The number of halogens is 1. The zero-order valence-electron chi connectivity index (χ0n) is 15.8. The first-order valence-electron chi connectivity index (χ1n) is 9.38. The maximum atomic E-state index is 13.4. The number of carbonyl (C=O) groups is 1. The van der Waals surface area contributed by atoms with Crippen LogP contribution < -0.4 is 5.32 Å². The summed E-state index contributed by atoms with van der Waals surface area (Å²) in [6.07, 6.45) is 7.04. The Morgan fingerprint density at radius 2 is 1.68 bits per heavy atom. The van der Waals surface area contributed by atoms with Gasteiger partial charge in [-0.25, -0.2) is 0 Å². The van der Waals surface area contributed by atoms with E-state index in [0.29, 0.717) is 0 Å². The summed E-state index contributed by atoms with van der Waals surface area (Å²) in [7, 11) is 0. The van der Waals surface area contributed by atoms with E-state index in [1.165, 1.54) is 25.7 Å². The Bertz CT molecular complexity index is 614. The van der Waals surface area contributed by atoms with Crippen molar-refractivity contribution in [3.8, 4) is 0 Å². The van der Waals surface area contributed by atoms with Gasteiger partial charge < -0.3 is 9.80 Å². The second-order valence-corrected chi connectivity index (χ2v) is 8.16. The molecule has 1 N–H and O–H groups in total. The van der Waals surface area contributed by atoms with Crippen LogP contribution >= 0.6 is 11.6 Å². The van der Waals surface area contributed by atoms with Crippen molar-refractivity contribution in [1.82, 2.24) is 0 Å². The zero-order chi connectivity index (χ0) is 17.4. The monoisotopic (exact) mass is 438 g/mol. The Hall–Kier alpha value is 0.0439. The van der Waals surface area contributed by atoms with Gasteiger partial charge in [0.15, 0.2) is 5.54 Å². The van der Waals surface area contributed by atoms with Crippen LogP contribution in [-0.4, -0.2) is 35.6 Å². The van der Waals surface area contributed by atoms with E-state index in [2.05, 4.69) is 12.2 Å². The van der Waals surface area contributed by atoms with Crippen LogP contribution in [0.15, 0.2) is 12.1 Å². The summed E-state index contributed by atoms with van der Waals surface area (Å²) in [4.78, 5) is 13.4. The molecule has 1 saturated heterocycles. The molecule has 2 aliphatic rings. The Morgan fingerprint density at radius 3 is 2.12 bits per heavy atom. The molecule has 1 aliphatic heterocycles. The summed E-state index contributed by atoms with van der Waals surface area (Å²) >= 11 is 6.14. The minimum absolute atomic E-state index is 0. The average Bonchev–Trinajstić information content (AvgIpc) is 2.50. The number of likely N-dealkylation sites (N-methyl/N-ethyl adjacent to an activating group) is 1. The number of hydrogen-bond donors (Lipinski definition) is 1. The first-order valence-corrected chi connectivity index (χ1v) is 9.76. The summed E-state index contributed by atoms with van der Waals surface area (Å²) in [5, 5.41) is 4.02. The number of anilines is 1. The average molecular weight is 439 g/mol. The molecule has 2 fully saturated rings. The van der Waals surface area contributed by atoms with Crippen molar-refractivity contribution in [1.29, 1.82) is 0 Å². The molecule has 135 valence electrons. The summed E-state index contributed by atoms with van der Waals surface area (Å²) in [6, 6.07) is 3.87. The number of piperidine rings is 1. The second kappa shape index (κ2) is 8.38. The number of amides is 1. The predicted molar refractivity (Wildman–Crippen MR) is 101 cm³/mol. The molecule has 0 aromatic heterocycles. The van der Waals surface area contributed by atoms with E-state index < -0.39 is 0 Å². The number of nitrogens with one attached hydrogen (secondary N) is 1. The molecule has 3 nitrogen and oxygen atoms in total. The smallest absolute Gasteiger partial charge is 0.285 e. The Morgan fingerprint density at radius 1 is 1.12 bits per heavy atom. The minimum Gasteiger partial charge on any atom is -0.320 e. The number of nitrogens with zero attached hydrogens (tertiary/aromatic N) is 1. The van der Waals surface area contributed by atoms with Crippen molar-refractivity contribution in [2.24, 2.45) is 0 Å². The number of carbonyl (C=O) groups excluding carboxylic acids is 1. The molecule has 1 radical (unpaired) electrons. The number of benzene rings is 1. The molecule has 25 heavy (non-hydrogen) atoms. The van der Waals surface area contributed by atoms with Crippen LogP contribution in [0.25, 0.3) is 0 Å². The van der Waals surface area contributed by atoms with Crippen LogP contribution in [0, 0.1) is 13.8 Å². The Kier molecular flexibility index (Phi) is 7.15. The number of hydrogen-bond acceptors (Lipinski definition) is 1. The minimum atomic E-state index is -0.215. The molecule has 1 amide bonds. The molecule has 5 heteroatoms. The third kappa shape index (κ3) is 3.72. The number of rotatable bonds is 4. The normalized spacial score (nSPS) is 21.0. The molecule has 0 unspecified atom stereocenters. The SMILES string of the molecule is CC[N+]1(C2(C(=O)Nc3c(C)cc(Cl)cc3C)CCC2)CCCCC1.[Y]. The molecule has 1 aromatic carbocycles. The van der Waals surface area contributed by atoms with Gasteiger partial charge >= 0.3 is 0 Å². The number of likely N-dealkylation sites (tertiary alicyclic amines) is 1. The molecule has 3 rings (SSSR count). The largest absolute Gasteiger partial charge is 0.320 e. The van der Waals surface area contributed by atoms with E-state index in [1.807, 2.05) is 26.0 Å². The zero-order valence-corrected chi connectivity index (χ0v) is 19.4. The van der Waals surface area contributed by atoms with Gasteiger partial charge in [0.1, 0.15) is 0 Å². The fourth-order valence-electron chi connectivity index (χ4n) is 4.93. The molecule has 1 aliphatic carbocycles. The Balaban J connectivity index is 0.00000225. The molecule has 0 bridgehead atoms. The van der Waals surface area contributed by atoms with Gasteiger partial charge in [0, 0.05) is 56.3 Å². The van der Waals surface area contributed by atoms with E-state index in [-0.39, 0.29) is 44.2 Å². The van der Waals surface area contributed by atoms with Crippen molar-refractivity contribution >= 4 is 23.2 Å². The third-order valence-electron chi connectivity index (χ3n) is 6.52. The summed E-state index contributed by atoms with van der Waals surface area (Å²) in [5.74, 6) is 0.228. The standard InChI is InChI=1S/C20H29ClN2O.Y/c1-4-23(11-6-5-7-12-23)20(9-8-10-20)19(24)22-18-15(2)13-17(21)14-16(18)3;/h13-14H,4-12H2,1-3H3;/p+1. The number of aryl methyl sites for hydroxylation is 2. The van der Waals surface area contributed by atoms with Crippen LogP contribution in [0.1, 0.15) is 56.6 Å². The van der Waals surface area contributed by atoms with Crippen LogP contribution in [0.2, 0.25) is 5.02 Å². The molecule has 1 saturated carbocycles. The molecule has 1 aromatic rings. The maximum absolute atomic E-state index is 13.4. The maximum Gasteiger partial charge on any atom is 0.285 e. The van der Waals surface area contributed by atoms with Crippen molar-refractivity contribution in [3.05, 3.63) is 28.3 Å². The molecule has 0 atom stereocenters. The van der Waals surface area contributed by atoms with Gasteiger partial charge in [0.2, 0.25) is 0 Å². The molecule has 0 spiro atoms. The van der Waals surface area contributed by atoms with E-state index in [0.717, 1.165) is 58.8 Å². The van der Waals surface area contributed by atoms with Gasteiger partial charge in [-0.1, -0.05) is 11.6 Å². The summed E-state index contributed by atoms with van der Waals surface area (Å²) in [6.45, 7) is 9.68. The third-order valence-corrected chi connectivity index (χ3v) is 6.74. The molecular weight excluding hydrogens is 409 g/mol. The van der Waals surface area contributed by atoms with Gasteiger partial charge in [-0.05, 0) is 69.7 Å². The first kappa shape index (κ1) is 21.3. The van der Waals surface area contributed by atoms with E-state index in [4.69, 9.17) is 11.6 Å². The van der Waals surface area contributed by atoms with E-state index in [1.54, 1.807) is 0 Å². The fourth-order valence-corrected chi connectivity index (χ4v) is 5.26. The van der Waals surface area contributed by atoms with Crippen LogP contribution in [0.3, 0.4) is 0 Å². The quantitative estimate of drug-likeness (QED) is 0.670. The van der Waals surface area contributed by atoms with Crippen molar-refractivity contribution < 1.29 is 42.0 Å². The van der Waals surface area contributed by atoms with Gasteiger partial charge in [-0.3, -0.25) is 4.79 Å². The Labute approximate surface area is 182 Å². The van der Waals surface area contributed by atoms with Crippen LogP contribution in [0.5, 0.6) is 0 Å². The fraction of sp³-hybridized carbons (Fsp3) is 0.650. The molecule has 1 heterocycles. The van der Waals surface area contributed by atoms with Crippen molar-refractivity contribution in [2.45, 2.75) is 64.8 Å².